The van der Waals surface area contributed by atoms with E-state index in [4.69, 9.17) is 0 Å². The summed E-state index contributed by atoms with van der Waals surface area (Å²) in [7, 11) is 0. The van der Waals surface area contributed by atoms with Crippen molar-refractivity contribution >= 4 is 15.9 Å². The molecule has 0 spiro atoms. The number of hydrogen-bond acceptors (Lipinski definition) is 2. The zero-order valence-corrected chi connectivity index (χ0v) is 11.4. The number of aryl methyl sites for hydroxylation is 1. The van der Waals surface area contributed by atoms with Gasteiger partial charge >= 0.3 is 0 Å². The third kappa shape index (κ3) is 1.85. The lowest BCUT2D eigenvalue weighted by molar-refractivity contribution is 0.656. The van der Waals surface area contributed by atoms with E-state index in [0.717, 1.165) is 23.0 Å². The highest BCUT2D eigenvalue weighted by molar-refractivity contribution is 9.10. The minimum Gasteiger partial charge on any atom is -0.302 e. The third-order valence-electron chi connectivity index (χ3n) is 3.37. The van der Waals surface area contributed by atoms with Crippen molar-refractivity contribution in [1.82, 2.24) is 9.55 Å². The summed E-state index contributed by atoms with van der Waals surface area (Å²) in [6.45, 7) is 0. The number of halogens is 1. The van der Waals surface area contributed by atoms with Gasteiger partial charge in [0.05, 0.1) is 23.3 Å². The molecule has 0 saturated carbocycles. The Morgan fingerprint density at radius 1 is 1.28 bits per heavy atom. The number of fused-ring (bicyclic) bond motifs is 1. The number of benzene rings is 1. The largest absolute Gasteiger partial charge is 0.302 e. The molecule has 0 radical (unpaired) electrons. The van der Waals surface area contributed by atoms with Gasteiger partial charge in [-0.15, -0.1) is 0 Å². The molecule has 0 fully saturated rings. The molecule has 1 aliphatic carbocycles. The third-order valence-corrected chi connectivity index (χ3v) is 3.86. The minimum absolute atomic E-state index is 0.676. The Bertz CT molecular complexity index is 637. The highest BCUT2D eigenvalue weighted by atomic mass is 79.9. The van der Waals surface area contributed by atoms with E-state index in [1.807, 2.05) is 24.5 Å². The van der Waals surface area contributed by atoms with E-state index in [0.29, 0.717) is 5.56 Å². The van der Waals surface area contributed by atoms with Crippen molar-refractivity contribution < 1.29 is 0 Å². The van der Waals surface area contributed by atoms with Gasteiger partial charge in [-0.1, -0.05) is 15.9 Å². The fourth-order valence-corrected chi connectivity index (χ4v) is 2.85. The molecular formula is C14H12BrN3. The minimum atomic E-state index is 0.676. The van der Waals surface area contributed by atoms with Gasteiger partial charge in [0.1, 0.15) is 6.07 Å². The van der Waals surface area contributed by atoms with E-state index in [9.17, 15) is 5.26 Å². The highest BCUT2D eigenvalue weighted by Gasteiger charge is 2.17. The van der Waals surface area contributed by atoms with E-state index in [2.05, 4.69) is 31.6 Å². The second-order valence-corrected chi connectivity index (χ2v) is 5.40. The number of imidazole rings is 1. The molecule has 0 bridgehead atoms. The predicted octanol–water partition coefficient (Wildman–Crippen LogP) is 3.39. The first kappa shape index (κ1) is 11.5. The molecule has 0 atom stereocenters. The monoisotopic (exact) mass is 301 g/mol. The second kappa shape index (κ2) is 4.58. The van der Waals surface area contributed by atoms with Gasteiger partial charge in [0.2, 0.25) is 0 Å². The molecule has 1 aromatic carbocycles. The first-order chi connectivity index (χ1) is 8.79. The van der Waals surface area contributed by atoms with Crippen LogP contribution in [0.2, 0.25) is 0 Å². The van der Waals surface area contributed by atoms with Crippen LogP contribution in [0.3, 0.4) is 0 Å². The van der Waals surface area contributed by atoms with Crippen LogP contribution in [0.1, 0.15) is 29.8 Å². The average Bonchev–Trinajstić information content (AvgIpc) is 2.82. The standard InChI is InChI=1S/C14H12BrN3/c15-11-5-6-13(10(7-11)8-16)18-9-17-12-3-1-2-4-14(12)18/h5-7,9H,1-4H2. The summed E-state index contributed by atoms with van der Waals surface area (Å²) in [4.78, 5) is 4.47. The van der Waals surface area contributed by atoms with Crippen LogP contribution in [-0.4, -0.2) is 9.55 Å². The molecule has 4 heteroatoms. The predicted molar refractivity (Wildman–Crippen MR) is 72.6 cm³/mol. The molecule has 18 heavy (non-hydrogen) atoms. The molecule has 1 heterocycles. The molecule has 2 aromatic rings. The number of nitrogens with zero attached hydrogens (tertiary/aromatic N) is 3. The van der Waals surface area contributed by atoms with Crippen molar-refractivity contribution in [2.45, 2.75) is 25.7 Å². The van der Waals surface area contributed by atoms with Gasteiger partial charge in [-0.25, -0.2) is 4.98 Å². The van der Waals surface area contributed by atoms with Gasteiger partial charge in [-0.3, -0.25) is 0 Å². The molecule has 0 saturated heterocycles. The first-order valence-electron chi connectivity index (χ1n) is 6.04. The average molecular weight is 302 g/mol. The molecule has 1 aliphatic rings. The second-order valence-electron chi connectivity index (χ2n) is 4.49. The summed E-state index contributed by atoms with van der Waals surface area (Å²) in [5.74, 6) is 0. The van der Waals surface area contributed by atoms with Gasteiger partial charge in [0.15, 0.2) is 0 Å². The van der Waals surface area contributed by atoms with Crippen LogP contribution < -0.4 is 0 Å². The lowest BCUT2D eigenvalue weighted by Crippen LogP contribution is -2.07. The van der Waals surface area contributed by atoms with E-state index < -0.39 is 0 Å². The SMILES string of the molecule is N#Cc1cc(Br)ccc1-n1cnc2c1CCCC2. The molecule has 0 unspecified atom stereocenters. The molecule has 0 aliphatic heterocycles. The number of hydrogen-bond donors (Lipinski definition) is 0. The highest BCUT2D eigenvalue weighted by Crippen LogP contribution is 2.26. The van der Waals surface area contributed by atoms with Gasteiger partial charge in [-0.05, 0) is 43.9 Å². The molecule has 3 rings (SSSR count). The molecule has 90 valence electrons. The normalized spacial score (nSPS) is 14.0. The van der Waals surface area contributed by atoms with Crippen molar-refractivity contribution in [2.75, 3.05) is 0 Å². The summed E-state index contributed by atoms with van der Waals surface area (Å²) >= 11 is 3.40. The van der Waals surface area contributed by atoms with Crippen LogP contribution >= 0.6 is 15.9 Å². The van der Waals surface area contributed by atoms with Crippen LogP contribution in [0.4, 0.5) is 0 Å². The Labute approximate surface area is 114 Å². The van der Waals surface area contributed by atoms with Gasteiger partial charge < -0.3 is 4.57 Å². The summed E-state index contributed by atoms with van der Waals surface area (Å²) < 4.78 is 3.00. The van der Waals surface area contributed by atoms with Crippen LogP contribution in [0.15, 0.2) is 29.0 Å². The van der Waals surface area contributed by atoms with Gasteiger partial charge in [-0.2, -0.15) is 5.26 Å². The lowest BCUT2D eigenvalue weighted by atomic mass is 10.0. The van der Waals surface area contributed by atoms with Gasteiger partial charge in [0.25, 0.3) is 0 Å². The topological polar surface area (TPSA) is 41.6 Å². The number of nitriles is 1. The number of rotatable bonds is 1. The van der Waals surface area contributed by atoms with Gasteiger partial charge in [0, 0.05) is 10.2 Å². The van der Waals surface area contributed by atoms with Crippen molar-refractivity contribution in [1.29, 1.82) is 5.26 Å². The molecule has 0 amide bonds. The van der Waals surface area contributed by atoms with E-state index in [1.54, 1.807) is 0 Å². The Kier molecular flexibility index (Phi) is 2.92. The lowest BCUT2D eigenvalue weighted by Gasteiger charge is -2.14. The van der Waals surface area contributed by atoms with Crippen molar-refractivity contribution in [2.24, 2.45) is 0 Å². The maximum atomic E-state index is 9.24. The van der Waals surface area contributed by atoms with E-state index in [1.165, 1.54) is 24.2 Å². The van der Waals surface area contributed by atoms with Crippen LogP contribution in [0.25, 0.3) is 5.69 Å². The van der Waals surface area contributed by atoms with Crippen LogP contribution in [0.5, 0.6) is 0 Å². The Hall–Kier alpha value is -1.60. The summed E-state index contributed by atoms with van der Waals surface area (Å²) in [5, 5.41) is 9.24. The first-order valence-corrected chi connectivity index (χ1v) is 6.84. The maximum Gasteiger partial charge on any atom is 0.101 e. The summed E-state index contributed by atoms with van der Waals surface area (Å²) in [6.07, 6.45) is 6.38. The summed E-state index contributed by atoms with van der Waals surface area (Å²) in [5.41, 5.74) is 4.06. The van der Waals surface area contributed by atoms with Crippen LogP contribution in [-0.2, 0) is 12.8 Å². The van der Waals surface area contributed by atoms with Crippen LogP contribution in [0, 0.1) is 11.3 Å². The Morgan fingerprint density at radius 3 is 2.94 bits per heavy atom. The molecular weight excluding hydrogens is 290 g/mol. The number of aromatic nitrogens is 2. The van der Waals surface area contributed by atoms with Crippen molar-refractivity contribution in [3.8, 4) is 11.8 Å². The maximum absolute atomic E-state index is 9.24. The molecule has 1 aromatic heterocycles. The molecule has 3 nitrogen and oxygen atoms in total. The fraction of sp³-hybridized carbons (Fsp3) is 0.286. The van der Waals surface area contributed by atoms with E-state index >= 15 is 0 Å². The Balaban J connectivity index is 2.16. The van der Waals surface area contributed by atoms with Crippen molar-refractivity contribution in [3.05, 3.63) is 46.0 Å². The van der Waals surface area contributed by atoms with Crippen molar-refractivity contribution in [3.63, 3.8) is 0 Å². The smallest absolute Gasteiger partial charge is 0.101 e. The summed E-state index contributed by atoms with van der Waals surface area (Å²) in [6, 6.07) is 8.04. The quantitative estimate of drug-likeness (QED) is 0.810. The van der Waals surface area contributed by atoms with E-state index in [-0.39, 0.29) is 0 Å². The fourth-order valence-electron chi connectivity index (χ4n) is 2.48. The Morgan fingerprint density at radius 2 is 2.11 bits per heavy atom. The zero-order chi connectivity index (χ0) is 12.5. The zero-order valence-electron chi connectivity index (χ0n) is 9.86. The molecule has 0 N–H and O–H groups in total.